The Morgan fingerprint density at radius 1 is 1.23 bits per heavy atom. The van der Waals surface area contributed by atoms with Crippen molar-refractivity contribution in [1.29, 1.82) is 0 Å². The Balaban J connectivity index is 1.38. The lowest BCUT2D eigenvalue weighted by atomic mass is 10.1. The number of unbranched alkanes of at least 4 members (excludes halogenated alkanes) is 1. The SMILES string of the molecule is CCNC(=NCCCCc1ccc([N+](=O)[O-])cc1)NC1CCN(c2cccs2)CC1. The van der Waals surface area contributed by atoms with Crippen molar-refractivity contribution >= 4 is 28.0 Å². The van der Waals surface area contributed by atoms with Gasteiger partial charge in [-0.1, -0.05) is 12.1 Å². The molecule has 1 aromatic heterocycles. The van der Waals surface area contributed by atoms with Crippen molar-refractivity contribution in [3.05, 3.63) is 57.5 Å². The molecule has 1 saturated heterocycles. The fourth-order valence-electron chi connectivity index (χ4n) is 3.62. The Morgan fingerprint density at radius 3 is 2.63 bits per heavy atom. The van der Waals surface area contributed by atoms with E-state index in [1.165, 1.54) is 5.00 Å². The molecule has 1 aliphatic rings. The highest BCUT2D eigenvalue weighted by Gasteiger charge is 2.20. The number of non-ortho nitro benzene ring substituents is 1. The number of guanidine groups is 1. The molecule has 8 heteroatoms. The van der Waals surface area contributed by atoms with Gasteiger partial charge in [-0.25, -0.2) is 0 Å². The second-order valence-corrected chi connectivity index (χ2v) is 8.42. The molecule has 162 valence electrons. The van der Waals surface area contributed by atoms with Crippen molar-refractivity contribution in [3.63, 3.8) is 0 Å². The Morgan fingerprint density at radius 2 is 2.00 bits per heavy atom. The van der Waals surface area contributed by atoms with Crippen LogP contribution in [0.1, 0.15) is 38.2 Å². The first-order valence-electron chi connectivity index (χ1n) is 10.7. The van der Waals surface area contributed by atoms with Gasteiger partial charge < -0.3 is 15.5 Å². The van der Waals surface area contributed by atoms with Gasteiger partial charge in [0.05, 0.1) is 9.92 Å². The predicted octanol–water partition coefficient (Wildman–Crippen LogP) is 4.20. The number of aliphatic imine (C=N–C) groups is 1. The molecular formula is C22H31N5O2S. The second kappa shape index (κ2) is 11.5. The normalized spacial score (nSPS) is 15.2. The third kappa shape index (κ3) is 6.73. The Labute approximate surface area is 182 Å². The topological polar surface area (TPSA) is 82.8 Å². The quantitative estimate of drug-likeness (QED) is 0.205. The minimum absolute atomic E-state index is 0.144. The van der Waals surface area contributed by atoms with Crippen LogP contribution in [0.2, 0.25) is 0 Å². The number of benzene rings is 1. The number of nitrogens with one attached hydrogen (secondary N) is 2. The van der Waals surface area contributed by atoms with E-state index in [4.69, 9.17) is 4.99 Å². The van der Waals surface area contributed by atoms with Gasteiger partial charge in [0.15, 0.2) is 5.96 Å². The fourth-order valence-corrected chi connectivity index (χ4v) is 4.41. The van der Waals surface area contributed by atoms with E-state index in [-0.39, 0.29) is 10.6 Å². The van der Waals surface area contributed by atoms with Crippen molar-refractivity contribution in [1.82, 2.24) is 10.6 Å². The number of nitro benzene ring substituents is 1. The number of hydrogen-bond donors (Lipinski definition) is 2. The smallest absolute Gasteiger partial charge is 0.269 e. The molecule has 1 fully saturated rings. The van der Waals surface area contributed by atoms with Crippen LogP contribution in [0.5, 0.6) is 0 Å². The van der Waals surface area contributed by atoms with Gasteiger partial charge in [-0.05, 0) is 62.1 Å². The lowest BCUT2D eigenvalue weighted by Gasteiger charge is -2.33. The summed E-state index contributed by atoms with van der Waals surface area (Å²) in [6, 6.07) is 11.6. The molecule has 0 unspecified atom stereocenters. The Bertz CT molecular complexity index is 799. The summed E-state index contributed by atoms with van der Waals surface area (Å²) in [5, 5.41) is 21.2. The minimum atomic E-state index is -0.361. The molecule has 0 atom stereocenters. The molecule has 3 rings (SSSR count). The monoisotopic (exact) mass is 429 g/mol. The third-order valence-corrected chi connectivity index (χ3v) is 6.22. The first-order valence-corrected chi connectivity index (χ1v) is 11.6. The summed E-state index contributed by atoms with van der Waals surface area (Å²) in [6.07, 6.45) is 5.15. The molecule has 7 nitrogen and oxygen atoms in total. The van der Waals surface area contributed by atoms with E-state index in [2.05, 4.69) is 40.0 Å². The second-order valence-electron chi connectivity index (χ2n) is 7.50. The third-order valence-electron chi connectivity index (χ3n) is 5.29. The summed E-state index contributed by atoms with van der Waals surface area (Å²) >= 11 is 1.81. The van der Waals surface area contributed by atoms with Gasteiger partial charge in [-0.2, -0.15) is 0 Å². The van der Waals surface area contributed by atoms with Crippen LogP contribution in [0.4, 0.5) is 10.7 Å². The maximum absolute atomic E-state index is 10.7. The van der Waals surface area contributed by atoms with Gasteiger partial charge in [0.25, 0.3) is 5.69 Å². The van der Waals surface area contributed by atoms with Crippen molar-refractivity contribution in [2.75, 3.05) is 31.1 Å². The van der Waals surface area contributed by atoms with Gasteiger partial charge in [-0.3, -0.25) is 15.1 Å². The highest BCUT2D eigenvalue weighted by atomic mass is 32.1. The van der Waals surface area contributed by atoms with Crippen molar-refractivity contribution in [3.8, 4) is 0 Å². The van der Waals surface area contributed by atoms with Crippen molar-refractivity contribution in [2.45, 2.75) is 45.1 Å². The molecule has 0 radical (unpaired) electrons. The zero-order valence-electron chi connectivity index (χ0n) is 17.5. The molecule has 0 amide bonds. The van der Waals surface area contributed by atoms with E-state index in [1.807, 2.05) is 23.5 Å². The lowest BCUT2D eigenvalue weighted by Crippen LogP contribution is -2.48. The van der Waals surface area contributed by atoms with Gasteiger partial charge in [0.1, 0.15) is 0 Å². The average molecular weight is 430 g/mol. The number of nitrogens with zero attached hydrogens (tertiary/aromatic N) is 3. The molecule has 2 N–H and O–H groups in total. The zero-order chi connectivity index (χ0) is 21.2. The van der Waals surface area contributed by atoms with E-state index in [0.717, 1.165) is 69.8 Å². The summed E-state index contributed by atoms with van der Waals surface area (Å²) < 4.78 is 0. The molecule has 2 heterocycles. The van der Waals surface area contributed by atoms with E-state index >= 15 is 0 Å². The van der Waals surface area contributed by atoms with Crippen LogP contribution in [0.15, 0.2) is 46.8 Å². The van der Waals surface area contributed by atoms with Crippen LogP contribution >= 0.6 is 11.3 Å². The minimum Gasteiger partial charge on any atom is -0.363 e. The summed E-state index contributed by atoms with van der Waals surface area (Å²) in [5.74, 6) is 0.905. The molecule has 0 spiro atoms. The lowest BCUT2D eigenvalue weighted by molar-refractivity contribution is -0.384. The molecule has 0 aliphatic carbocycles. The van der Waals surface area contributed by atoms with Gasteiger partial charge in [0.2, 0.25) is 0 Å². The molecule has 0 saturated carbocycles. The molecular weight excluding hydrogens is 398 g/mol. The number of thiophene rings is 1. The van der Waals surface area contributed by atoms with Crippen LogP contribution in [0.25, 0.3) is 0 Å². The van der Waals surface area contributed by atoms with E-state index < -0.39 is 0 Å². The number of anilines is 1. The van der Waals surface area contributed by atoms with Gasteiger partial charge in [0, 0.05) is 44.4 Å². The molecule has 1 aromatic carbocycles. The molecule has 30 heavy (non-hydrogen) atoms. The first-order chi connectivity index (χ1) is 14.7. The predicted molar refractivity (Wildman–Crippen MR) is 125 cm³/mol. The molecule has 0 bridgehead atoms. The summed E-state index contributed by atoms with van der Waals surface area (Å²) in [4.78, 5) is 17.6. The van der Waals surface area contributed by atoms with Crippen LogP contribution < -0.4 is 15.5 Å². The van der Waals surface area contributed by atoms with Crippen LogP contribution in [0, 0.1) is 10.1 Å². The van der Waals surface area contributed by atoms with Crippen LogP contribution in [0.3, 0.4) is 0 Å². The van der Waals surface area contributed by atoms with Crippen LogP contribution in [-0.4, -0.2) is 43.1 Å². The van der Waals surface area contributed by atoms with Crippen LogP contribution in [-0.2, 0) is 6.42 Å². The highest BCUT2D eigenvalue weighted by Crippen LogP contribution is 2.24. The standard InChI is InChI=1S/C22H31N5O2S/c1-2-23-22(25-19-12-15-26(16-13-19)21-7-5-17-30-21)24-14-4-3-6-18-8-10-20(11-9-18)27(28)29/h5,7-11,17,19H,2-4,6,12-16H2,1H3,(H2,23,24,25). The number of aryl methyl sites for hydroxylation is 1. The van der Waals surface area contributed by atoms with Gasteiger partial charge in [-0.15, -0.1) is 11.3 Å². The number of rotatable bonds is 9. The summed E-state index contributed by atoms with van der Waals surface area (Å²) in [5.41, 5.74) is 1.28. The first kappa shape index (κ1) is 22.1. The average Bonchev–Trinajstić information content (AvgIpc) is 3.29. The highest BCUT2D eigenvalue weighted by molar-refractivity contribution is 7.14. The largest absolute Gasteiger partial charge is 0.363 e. The van der Waals surface area contributed by atoms with E-state index in [0.29, 0.717) is 6.04 Å². The number of nitro groups is 1. The zero-order valence-corrected chi connectivity index (χ0v) is 18.4. The molecule has 1 aliphatic heterocycles. The van der Waals surface area contributed by atoms with Crippen molar-refractivity contribution < 1.29 is 4.92 Å². The van der Waals surface area contributed by atoms with E-state index in [9.17, 15) is 10.1 Å². The summed E-state index contributed by atoms with van der Waals surface area (Å²) in [6.45, 7) is 5.86. The van der Waals surface area contributed by atoms with Gasteiger partial charge >= 0.3 is 0 Å². The molecule has 2 aromatic rings. The number of piperidine rings is 1. The number of hydrogen-bond acceptors (Lipinski definition) is 5. The Hall–Kier alpha value is -2.61. The fraction of sp³-hybridized carbons (Fsp3) is 0.500. The Kier molecular flexibility index (Phi) is 8.50. The maximum atomic E-state index is 10.7. The van der Waals surface area contributed by atoms with E-state index in [1.54, 1.807) is 12.1 Å². The maximum Gasteiger partial charge on any atom is 0.269 e. The van der Waals surface area contributed by atoms with Crippen molar-refractivity contribution in [2.24, 2.45) is 4.99 Å². The summed E-state index contributed by atoms with van der Waals surface area (Å²) in [7, 11) is 0.